The van der Waals surface area contributed by atoms with Crippen LogP contribution in [-0.4, -0.2) is 40.1 Å². The first-order chi connectivity index (χ1) is 16.1. The highest BCUT2D eigenvalue weighted by Crippen LogP contribution is 2.21. The number of hydrogen-bond acceptors (Lipinski definition) is 5. The van der Waals surface area contributed by atoms with E-state index in [9.17, 15) is 18.0 Å². The first kappa shape index (κ1) is 24.8. The molecular formula is C25H27N3O5S. The van der Waals surface area contributed by atoms with Crippen LogP contribution in [0.25, 0.3) is 0 Å². The van der Waals surface area contributed by atoms with Gasteiger partial charge in [-0.05, 0) is 48.9 Å². The second-order valence-electron chi connectivity index (χ2n) is 7.71. The van der Waals surface area contributed by atoms with Gasteiger partial charge in [0.25, 0.3) is 11.8 Å². The van der Waals surface area contributed by atoms with Crippen molar-refractivity contribution in [2.45, 2.75) is 13.0 Å². The van der Waals surface area contributed by atoms with Gasteiger partial charge in [0.15, 0.2) is 6.61 Å². The van der Waals surface area contributed by atoms with E-state index in [1.807, 2.05) is 37.3 Å². The SMILES string of the molecule is C[C@H](NC(=O)c1ccccc1NC(=O)COc1ccc(N(C)S(C)(=O)=O)cc1)c1ccccc1. The molecule has 0 radical (unpaired) electrons. The number of rotatable bonds is 9. The maximum Gasteiger partial charge on any atom is 0.262 e. The molecule has 0 aliphatic carbocycles. The number of nitrogens with one attached hydrogen (secondary N) is 2. The average molecular weight is 482 g/mol. The zero-order valence-corrected chi connectivity index (χ0v) is 20.0. The molecule has 0 saturated heterocycles. The number of ether oxygens (including phenoxy) is 1. The van der Waals surface area contributed by atoms with Crippen molar-refractivity contribution in [1.29, 1.82) is 0 Å². The summed E-state index contributed by atoms with van der Waals surface area (Å²) >= 11 is 0. The second-order valence-corrected chi connectivity index (χ2v) is 9.73. The fraction of sp³-hybridized carbons (Fsp3) is 0.200. The Hall–Kier alpha value is -3.85. The first-order valence-electron chi connectivity index (χ1n) is 10.6. The first-order valence-corrected chi connectivity index (χ1v) is 12.4. The monoisotopic (exact) mass is 481 g/mol. The third kappa shape index (κ3) is 6.58. The maximum absolute atomic E-state index is 12.8. The minimum atomic E-state index is -3.37. The Morgan fingerprint density at radius 1 is 0.941 bits per heavy atom. The molecule has 178 valence electrons. The van der Waals surface area contributed by atoms with Gasteiger partial charge in [-0.1, -0.05) is 42.5 Å². The lowest BCUT2D eigenvalue weighted by molar-refractivity contribution is -0.118. The van der Waals surface area contributed by atoms with Crippen molar-refractivity contribution in [3.05, 3.63) is 90.0 Å². The van der Waals surface area contributed by atoms with Crippen LogP contribution >= 0.6 is 0 Å². The van der Waals surface area contributed by atoms with Gasteiger partial charge in [0, 0.05) is 7.05 Å². The van der Waals surface area contributed by atoms with Crippen LogP contribution in [0, 0.1) is 0 Å². The highest BCUT2D eigenvalue weighted by Gasteiger charge is 2.16. The van der Waals surface area contributed by atoms with Crippen LogP contribution in [-0.2, 0) is 14.8 Å². The molecule has 0 aliphatic heterocycles. The standard InChI is InChI=1S/C25H27N3O5S/c1-18(19-9-5-4-6-10-19)26-25(30)22-11-7-8-12-23(22)27-24(29)17-33-21-15-13-20(14-16-21)28(2)34(3,31)32/h4-16,18H,17H2,1-3H3,(H,26,30)(H,27,29)/t18-/m0/s1. The van der Waals surface area contributed by atoms with E-state index in [0.717, 1.165) is 16.1 Å². The number of amides is 2. The second kappa shape index (κ2) is 10.8. The zero-order chi connectivity index (χ0) is 24.7. The third-order valence-electron chi connectivity index (χ3n) is 5.16. The van der Waals surface area contributed by atoms with E-state index >= 15 is 0 Å². The van der Waals surface area contributed by atoms with Crippen molar-refractivity contribution in [3.8, 4) is 5.75 Å². The minimum Gasteiger partial charge on any atom is -0.484 e. The summed E-state index contributed by atoms with van der Waals surface area (Å²) in [6.07, 6.45) is 1.11. The van der Waals surface area contributed by atoms with Crippen LogP contribution < -0.4 is 19.7 Å². The Labute approximate surface area is 199 Å². The van der Waals surface area contributed by atoms with Gasteiger partial charge < -0.3 is 15.4 Å². The topological polar surface area (TPSA) is 105 Å². The molecule has 0 aromatic heterocycles. The van der Waals surface area contributed by atoms with Crippen molar-refractivity contribution in [2.75, 3.05) is 29.5 Å². The van der Waals surface area contributed by atoms with Crippen LogP contribution in [0.15, 0.2) is 78.9 Å². The van der Waals surface area contributed by atoms with Crippen LogP contribution in [0.3, 0.4) is 0 Å². The molecule has 0 unspecified atom stereocenters. The van der Waals surface area contributed by atoms with E-state index in [0.29, 0.717) is 22.7 Å². The molecule has 0 spiro atoms. The quantitative estimate of drug-likeness (QED) is 0.486. The number of nitrogens with zero attached hydrogens (tertiary/aromatic N) is 1. The smallest absolute Gasteiger partial charge is 0.262 e. The molecule has 2 N–H and O–H groups in total. The summed E-state index contributed by atoms with van der Waals surface area (Å²) in [5.41, 5.74) is 2.16. The molecule has 1 atom stereocenters. The Morgan fingerprint density at radius 2 is 1.56 bits per heavy atom. The average Bonchev–Trinajstić information content (AvgIpc) is 2.83. The van der Waals surface area contributed by atoms with E-state index in [2.05, 4.69) is 10.6 Å². The molecule has 3 aromatic carbocycles. The van der Waals surface area contributed by atoms with Crippen molar-refractivity contribution in [2.24, 2.45) is 0 Å². The van der Waals surface area contributed by atoms with Crippen molar-refractivity contribution in [3.63, 3.8) is 0 Å². The number of carbonyl (C=O) groups excluding carboxylic acids is 2. The van der Waals surface area contributed by atoms with E-state index in [4.69, 9.17) is 4.74 Å². The molecule has 0 bridgehead atoms. The van der Waals surface area contributed by atoms with Gasteiger partial charge in [-0.15, -0.1) is 0 Å². The lowest BCUT2D eigenvalue weighted by Gasteiger charge is -2.17. The molecule has 9 heteroatoms. The summed E-state index contributed by atoms with van der Waals surface area (Å²) in [5, 5.41) is 5.65. The van der Waals surface area contributed by atoms with Gasteiger partial charge in [-0.2, -0.15) is 0 Å². The lowest BCUT2D eigenvalue weighted by Crippen LogP contribution is -2.28. The van der Waals surface area contributed by atoms with Gasteiger partial charge in [0.1, 0.15) is 5.75 Å². The third-order valence-corrected chi connectivity index (χ3v) is 6.37. The molecule has 0 aliphatic rings. The Morgan fingerprint density at radius 3 is 2.21 bits per heavy atom. The number of carbonyl (C=O) groups is 2. The maximum atomic E-state index is 12.8. The van der Waals surface area contributed by atoms with E-state index < -0.39 is 15.9 Å². The van der Waals surface area contributed by atoms with Gasteiger partial charge in [0.2, 0.25) is 10.0 Å². The van der Waals surface area contributed by atoms with Crippen LogP contribution in [0.1, 0.15) is 28.9 Å². The Balaban J connectivity index is 1.60. The van der Waals surface area contributed by atoms with Crippen LogP contribution in [0.2, 0.25) is 0 Å². The lowest BCUT2D eigenvalue weighted by atomic mass is 10.1. The van der Waals surface area contributed by atoms with Gasteiger partial charge >= 0.3 is 0 Å². The largest absolute Gasteiger partial charge is 0.484 e. The predicted octanol–water partition coefficient (Wildman–Crippen LogP) is 3.59. The minimum absolute atomic E-state index is 0.203. The fourth-order valence-corrected chi connectivity index (χ4v) is 3.67. The predicted molar refractivity (Wildman–Crippen MR) is 133 cm³/mol. The van der Waals surface area contributed by atoms with Crippen molar-refractivity contribution >= 4 is 33.2 Å². The van der Waals surface area contributed by atoms with E-state index in [-0.39, 0.29) is 18.6 Å². The van der Waals surface area contributed by atoms with Crippen LogP contribution in [0.5, 0.6) is 5.75 Å². The van der Waals surface area contributed by atoms with Crippen LogP contribution in [0.4, 0.5) is 11.4 Å². The number of para-hydroxylation sites is 1. The number of benzene rings is 3. The molecule has 3 aromatic rings. The molecule has 2 amide bonds. The Bertz CT molecular complexity index is 1250. The molecule has 0 fully saturated rings. The molecule has 0 heterocycles. The van der Waals surface area contributed by atoms with Crippen molar-refractivity contribution < 1.29 is 22.7 Å². The summed E-state index contributed by atoms with van der Waals surface area (Å²) in [5.74, 6) is -0.337. The van der Waals surface area contributed by atoms with E-state index in [1.165, 1.54) is 7.05 Å². The number of anilines is 2. The van der Waals surface area contributed by atoms with Gasteiger partial charge in [-0.25, -0.2) is 8.42 Å². The molecule has 3 rings (SSSR count). The molecule has 34 heavy (non-hydrogen) atoms. The summed E-state index contributed by atoms with van der Waals surface area (Å²) in [7, 11) is -1.92. The van der Waals surface area contributed by atoms with E-state index in [1.54, 1.807) is 48.5 Å². The summed E-state index contributed by atoms with van der Waals surface area (Å²) in [6, 6.07) is 22.5. The molecular weight excluding hydrogens is 454 g/mol. The molecule has 0 saturated carbocycles. The van der Waals surface area contributed by atoms with Crippen molar-refractivity contribution in [1.82, 2.24) is 5.32 Å². The van der Waals surface area contributed by atoms with Gasteiger partial charge in [-0.3, -0.25) is 13.9 Å². The summed E-state index contributed by atoms with van der Waals surface area (Å²) < 4.78 is 29.9. The highest BCUT2D eigenvalue weighted by molar-refractivity contribution is 7.92. The fourth-order valence-electron chi connectivity index (χ4n) is 3.17. The molecule has 8 nitrogen and oxygen atoms in total. The Kier molecular flexibility index (Phi) is 7.91. The zero-order valence-electron chi connectivity index (χ0n) is 19.2. The summed E-state index contributed by atoms with van der Waals surface area (Å²) in [4.78, 5) is 25.3. The van der Waals surface area contributed by atoms with Gasteiger partial charge in [0.05, 0.1) is 29.2 Å². The number of hydrogen-bond donors (Lipinski definition) is 2. The summed E-state index contributed by atoms with van der Waals surface area (Å²) in [6.45, 7) is 1.61. The number of sulfonamides is 1. The normalized spacial score (nSPS) is 11.9. The highest BCUT2D eigenvalue weighted by atomic mass is 32.2.